The van der Waals surface area contributed by atoms with Crippen LogP contribution in [0, 0.1) is 0 Å². The van der Waals surface area contributed by atoms with Gasteiger partial charge in [-0.05, 0) is 18.9 Å². The molecule has 1 fully saturated rings. The van der Waals surface area contributed by atoms with E-state index in [0.29, 0.717) is 25.1 Å². The van der Waals surface area contributed by atoms with Crippen LogP contribution in [0.1, 0.15) is 25.1 Å². The summed E-state index contributed by atoms with van der Waals surface area (Å²) in [5.41, 5.74) is -0.139. The van der Waals surface area contributed by atoms with Crippen molar-refractivity contribution in [3.63, 3.8) is 0 Å². The summed E-state index contributed by atoms with van der Waals surface area (Å²) in [4.78, 5) is 33.0. The molecule has 0 spiro atoms. The summed E-state index contributed by atoms with van der Waals surface area (Å²) in [7, 11) is 0. The summed E-state index contributed by atoms with van der Waals surface area (Å²) in [5.74, 6) is -0.0547. The first-order valence-electron chi connectivity index (χ1n) is 7.99. The van der Waals surface area contributed by atoms with Crippen LogP contribution in [-0.2, 0) is 22.5 Å². The number of fused-ring (bicyclic) bond motifs is 1. The summed E-state index contributed by atoms with van der Waals surface area (Å²) in [6.07, 6.45) is 3.34. The smallest absolute Gasteiger partial charge is 0.262 e. The van der Waals surface area contributed by atoms with E-state index in [1.165, 1.54) is 22.2 Å². The molecule has 0 aromatic carbocycles. The zero-order chi connectivity index (χ0) is 16.4. The first-order chi connectivity index (χ1) is 11.1. The Labute approximate surface area is 138 Å². The minimum Gasteiger partial charge on any atom is -0.375 e. The van der Waals surface area contributed by atoms with Gasteiger partial charge in [-0.1, -0.05) is 13.8 Å². The molecule has 0 radical (unpaired) electrons. The van der Waals surface area contributed by atoms with Crippen molar-refractivity contribution in [2.24, 2.45) is 0 Å². The number of carbonyl (C=O) groups is 1. The highest BCUT2D eigenvalue weighted by atomic mass is 32.1. The van der Waals surface area contributed by atoms with E-state index < -0.39 is 0 Å². The van der Waals surface area contributed by atoms with Crippen LogP contribution in [0.15, 0.2) is 17.2 Å². The second-order valence-electron chi connectivity index (χ2n) is 5.70. The molecule has 0 N–H and O–H groups in total. The highest BCUT2D eigenvalue weighted by Gasteiger charge is 2.23. The van der Waals surface area contributed by atoms with Crippen LogP contribution < -0.4 is 5.56 Å². The standard InChI is InChI=1S/C16H21N3O3S/c1-3-11-8-18(5-6-22-11)14(20)9-19-10-17-15-13(16(19)21)7-12(4-2)23-15/h7,10-11H,3-6,8-9H2,1-2H3/t11-/m1/s1. The molecule has 1 saturated heterocycles. The molecule has 0 bridgehead atoms. The lowest BCUT2D eigenvalue weighted by atomic mass is 10.2. The Balaban J connectivity index is 1.79. The monoisotopic (exact) mass is 335 g/mol. The van der Waals surface area contributed by atoms with Gasteiger partial charge in [0, 0.05) is 18.0 Å². The Morgan fingerprint density at radius 3 is 3.04 bits per heavy atom. The summed E-state index contributed by atoms with van der Waals surface area (Å²) in [5, 5.41) is 0.607. The molecule has 0 aliphatic carbocycles. The third-order valence-corrected chi connectivity index (χ3v) is 5.36. The Morgan fingerprint density at radius 2 is 2.30 bits per heavy atom. The average molecular weight is 335 g/mol. The van der Waals surface area contributed by atoms with Gasteiger partial charge in [0.25, 0.3) is 5.56 Å². The van der Waals surface area contributed by atoms with Gasteiger partial charge in [-0.25, -0.2) is 4.98 Å². The zero-order valence-electron chi connectivity index (χ0n) is 13.4. The van der Waals surface area contributed by atoms with E-state index in [0.717, 1.165) is 22.5 Å². The highest BCUT2D eigenvalue weighted by Crippen LogP contribution is 2.21. The molecule has 1 aliphatic heterocycles. The van der Waals surface area contributed by atoms with Crippen molar-refractivity contribution in [2.45, 2.75) is 39.3 Å². The fraction of sp³-hybridized carbons (Fsp3) is 0.562. The van der Waals surface area contributed by atoms with Gasteiger partial charge in [0.15, 0.2) is 0 Å². The van der Waals surface area contributed by atoms with Crippen LogP contribution in [0.3, 0.4) is 0 Å². The molecular weight excluding hydrogens is 314 g/mol. The third kappa shape index (κ3) is 3.30. The number of rotatable bonds is 4. The minimum absolute atomic E-state index is 0.0372. The summed E-state index contributed by atoms with van der Waals surface area (Å²) >= 11 is 1.53. The molecule has 3 rings (SSSR count). The van der Waals surface area contributed by atoms with E-state index in [4.69, 9.17) is 4.74 Å². The quantitative estimate of drug-likeness (QED) is 0.852. The van der Waals surface area contributed by atoms with Gasteiger partial charge >= 0.3 is 0 Å². The van der Waals surface area contributed by atoms with Crippen molar-refractivity contribution in [2.75, 3.05) is 19.7 Å². The Kier molecular flexibility index (Phi) is 4.77. The van der Waals surface area contributed by atoms with Crippen molar-refractivity contribution in [3.05, 3.63) is 27.6 Å². The van der Waals surface area contributed by atoms with Crippen LogP contribution in [0.5, 0.6) is 0 Å². The fourth-order valence-electron chi connectivity index (χ4n) is 2.74. The summed E-state index contributed by atoms with van der Waals surface area (Å²) < 4.78 is 6.99. The number of hydrogen-bond donors (Lipinski definition) is 0. The molecule has 1 amide bonds. The second kappa shape index (κ2) is 6.80. The van der Waals surface area contributed by atoms with Gasteiger partial charge < -0.3 is 9.64 Å². The third-order valence-electron chi connectivity index (χ3n) is 4.17. The Morgan fingerprint density at radius 1 is 1.48 bits per heavy atom. The van der Waals surface area contributed by atoms with Gasteiger partial charge in [-0.2, -0.15) is 0 Å². The number of nitrogens with zero attached hydrogens (tertiary/aromatic N) is 3. The molecule has 23 heavy (non-hydrogen) atoms. The van der Waals surface area contributed by atoms with Crippen LogP contribution in [-0.4, -0.2) is 46.2 Å². The van der Waals surface area contributed by atoms with Crippen molar-refractivity contribution in [3.8, 4) is 0 Å². The number of aromatic nitrogens is 2. The molecule has 2 aromatic rings. The lowest BCUT2D eigenvalue weighted by Gasteiger charge is -2.32. The van der Waals surface area contributed by atoms with Crippen molar-refractivity contribution in [1.82, 2.24) is 14.5 Å². The van der Waals surface area contributed by atoms with Crippen LogP contribution in [0.2, 0.25) is 0 Å². The van der Waals surface area contributed by atoms with Gasteiger partial charge in [-0.3, -0.25) is 14.2 Å². The van der Waals surface area contributed by atoms with E-state index in [2.05, 4.69) is 11.9 Å². The van der Waals surface area contributed by atoms with Gasteiger partial charge in [0.2, 0.25) is 5.91 Å². The molecule has 0 unspecified atom stereocenters. The lowest BCUT2D eigenvalue weighted by molar-refractivity contribution is -0.139. The molecular formula is C16H21N3O3S. The normalized spacial score (nSPS) is 18.5. The van der Waals surface area contributed by atoms with Crippen LogP contribution >= 0.6 is 11.3 Å². The first-order valence-corrected chi connectivity index (χ1v) is 8.81. The second-order valence-corrected chi connectivity index (χ2v) is 6.82. The largest absolute Gasteiger partial charge is 0.375 e. The molecule has 0 saturated carbocycles. The number of amides is 1. The fourth-order valence-corrected chi connectivity index (χ4v) is 3.66. The van der Waals surface area contributed by atoms with E-state index in [1.807, 2.05) is 13.0 Å². The van der Waals surface area contributed by atoms with E-state index in [9.17, 15) is 9.59 Å². The maximum Gasteiger partial charge on any atom is 0.262 e. The summed E-state index contributed by atoms with van der Waals surface area (Å²) in [6.45, 7) is 5.87. The number of carbonyl (C=O) groups excluding carboxylic acids is 1. The molecule has 1 atom stereocenters. The molecule has 1 aliphatic rings. The Hall–Kier alpha value is -1.73. The van der Waals surface area contributed by atoms with Gasteiger partial charge in [0.05, 0.1) is 24.4 Å². The van der Waals surface area contributed by atoms with Crippen molar-refractivity contribution >= 4 is 27.5 Å². The van der Waals surface area contributed by atoms with Crippen LogP contribution in [0.25, 0.3) is 10.2 Å². The summed E-state index contributed by atoms with van der Waals surface area (Å²) in [6, 6.07) is 1.89. The molecule has 2 aromatic heterocycles. The lowest BCUT2D eigenvalue weighted by Crippen LogP contribution is -2.47. The number of ether oxygens (including phenoxy) is 1. The number of hydrogen-bond acceptors (Lipinski definition) is 5. The molecule has 6 nitrogen and oxygen atoms in total. The van der Waals surface area contributed by atoms with Crippen molar-refractivity contribution in [1.29, 1.82) is 0 Å². The van der Waals surface area contributed by atoms with E-state index in [1.54, 1.807) is 4.90 Å². The molecule has 7 heteroatoms. The molecule has 124 valence electrons. The van der Waals surface area contributed by atoms with E-state index in [-0.39, 0.29) is 24.1 Å². The first kappa shape index (κ1) is 16.1. The number of aryl methyl sites for hydroxylation is 1. The SMILES string of the molecule is CCc1cc2c(=O)n(CC(=O)N3CCO[C@H](CC)C3)cnc2s1. The Bertz CT molecular complexity index is 768. The number of morpholine rings is 1. The maximum absolute atomic E-state index is 12.5. The highest BCUT2D eigenvalue weighted by molar-refractivity contribution is 7.18. The van der Waals surface area contributed by atoms with Crippen LogP contribution in [0.4, 0.5) is 0 Å². The van der Waals surface area contributed by atoms with Gasteiger partial charge in [-0.15, -0.1) is 11.3 Å². The topological polar surface area (TPSA) is 64.4 Å². The minimum atomic E-state index is -0.139. The van der Waals surface area contributed by atoms with E-state index >= 15 is 0 Å². The predicted molar refractivity (Wildman–Crippen MR) is 89.9 cm³/mol. The number of thiophene rings is 1. The zero-order valence-corrected chi connectivity index (χ0v) is 14.3. The predicted octanol–water partition coefficient (Wildman–Crippen LogP) is 1.66. The molecule has 3 heterocycles. The average Bonchev–Trinajstić information content (AvgIpc) is 3.01. The van der Waals surface area contributed by atoms with Crippen molar-refractivity contribution < 1.29 is 9.53 Å². The maximum atomic E-state index is 12.5. The van der Waals surface area contributed by atoms with Gasteiger partial charge in [0.1, 0.15) is 11.4 Å².